The number of para-hydroxylation sites is 1. The second kappa shape index (κ2) is 9.58. The van der Waals surface area contributed by atoms with Crippen molar-refractivity contribution in [1.29, 1.82) is 0 Å². The molecular formula is C18H21NO4S2. The second-order valence-corrected chi connectivity index (χ2v) is 7.25. The molecule has 5 nitrogen and oxygen atoms in total. The highest BCUT2D eigenvalue weighted by molar-refractivity contribution is 8.26. The van der Waals surface area contributed by atoms with Gasteiger partial charge < -0.3 is 9.84 Å². The van der Waals surface area contributed by atoms with E-state index in [2.05, 4.69) is 6.92 Å². The van der Waals surface area contributed by atoms with Crippen LogP contribution in [0.15, 0.2) is 29.2 Å². The van der Waals surface area contributed by atoms with Crippen molar-refractivity contribution in [3.8, 4) is 5.75 Å². The Morgan fingerprint density at radius 1 is 1.36 bits per heavy atom. The molecule has 2 rings (SSSR count). The summed E-state index contributed by atoms with van der Waals surface area (Å²) in [5.74, 6) is -0.310. The molecule has 1 aromatic carbocycles. The van der Waals surface area contributed by atoms with Crippen LogP contribution in [0.1, 0.15) is 38.2 Å². The summed E-state index contributed by atoms with van der Waals surface area (Å²) in [5.41, 5.74) is 0.838. The quantitative estimate of drug-likeness (QED) is 0.398. The molecule has 1 amide bonds. The van der Waals surface area contributed by atoms with E-state index in [-0.39, 0.29) is 12.3 Å². The van der Waals surface area contributed by atoms with Crippen LogP contribution in [0.25, 0.3) is 6.08 Å². The SMILES string of the molecule is CCCCOc1ccccc1/C=C1\SC(=S)N(CCCC(=O)O)C1=O. The lowest BCUT2D eigenvalue weighted by molar-refractivity contribution is -0.137. The summed E-state index contributed by atoms with van der Waals surface area (Å²) in [6.07, 6.45) is 4.21. The molecule has 1 aromatic rings. The second-order valence-electron chi connectivity index (χ2n) is 5.57. The first-order valence-electron chi connectivity index (χ1n) is 8.22. The zero-order valence-electron chi connectivity index (χ0n) is 14.1. The van der Waals surface area contributed by atoms with Gasteiger partial charge in [0, 0.05) is 18.5 Å². The van der Waals surface area contributed by atoms with Crippen LogP contribution in [0.3, 0.4) is 0 Å². The summed E-state index contributed by atoms with van der Waals surface area (Å²) in [5, 5.41) is 8.72. The maximum atomic E-state index is 12.5. The number of unbranched alkanes of at least 4 members (excludes halogenated alkanes) is 1. The summed E-state index contributed by atoms with van der Waals surface area (Å²) in [4.78, 5) is 25.2. The van der Waals surface area contributed by atoms with E-state index in [1.165, 1.54) is 16.7 Å². The molecule has 0 bridgehead atoms. The third kappa shape index (κ3) is 5.57. The third-order valence-corrected chi connectivity index (χ3v) is 4.98. The molecule has 0 radical (unpaired) electrons. The molecular weight excluding hydrogens is 358 g/mol. The monoisotopic (exact) mass is 379 g/mol. The van der Waals surface area contributed by atoms with Crippen molar-refractivity contribution in [2.75, 3.05) is 13.2 Å². The first-order valence-corrected chi connectivity index (χ1v) is 9.44. The van der Waals surface area contributed by atoms with E-state index in [0.717, 1.165) is 24.2 Å². The number of hydrogen-bond acceptors (Lipinski definition) is 5. The van der Waals surface area contributed by atoms with Gasteiger partial charge in [0.1, 0.15) is 10.1 Å². The highest BCUT2D eigenvalue weighted by Gasteiger charge is 2.31. The number of aliphatic carboxylic acids is 1. The molecule has 1 aliphatic heterocycles. The van der Waals surface area contributed by atoms with Gasteiger partial charge in [0.05, 0.1) is 11.5 Å². The molecule has 1 aliphatic rings. The van der Waals surface area contributed by atoms with Gasteiger partial charge in [-0.05, 0) is 25.0 Å². The molecule has 1 N–H and O–H groups in total. The summed E-state index contributed by atoms with van der Waals surface area (Å²) in [6.45, 7) is 3.06. The van der Waals surface area contributed by atoms with Gasteiger partial charge in [0.25, 0.3) is 5.91 Å². The smallest absolute Gasteiger partial charge is 0.303 e. The third-order valence-electron chi connectivity index (χ3n) is 3.61. The maximum absolute atomic E-state index is 12.5. The molecule has 0 atom stereocenters. The number of nitrogens with zero attached hydrogens (tertiary/aromatic N) is 1. The molecule has 1 fully saturated rings. The summed E-state index contributed by atoms with van der Waals surface area (Å²) >= 11 is 6.50. The number of carboxylic acid groups (broad SMARTS) is 1. The minimum atomic E-state index is -0.876. The largest absolute Gasteiger partial charge is 0.493 e. The highest BCUT2D eigenvalue weighted by atomic mass is 32.2. The Bertz CT molecular complexity index is 687. The minimum absolute atomic E-state index is 0.0181. The van der Waals surface area contributed by atoms with Crippen LogP contribution >= 0.6 is 24.0 Å². The van der Waals surface area contributed by atoms with Crippen LogP contribution in [0, 0.1) is 0 Å². The Morgan fingerprint density at radius 3 is 2.84 bits per heavy atom. The zero-order valence-corrected chi connectivity index (χ0v) is 15.7. The van der Waals surface area contributed by atoms with Gasteiger partial charge in [-0.2, -0.15) is 0 Å². The predicted molar refractivity (Wildman–Crippen MR) is 104 cm³/mol. The standard InChI is InChI=1S/C18H21NO4S2/c1-2-3-11-23-14-8-5-4-7-13(14)12-15-17(22)19(18(24)25-15)10-6-9-16(20)21/h4-5,7-8,12H,2-3,6,9-11H2,1H3,(H,20,21)/b15-12-. The van der Waals surface area contributed by atoms with E-state index in [9.17, 15) is 9.59 Å². The van der Waals surface area contributed by atoms with Gasteiger partial charge >= 0.3 is 5.97 Å². The lowest BCUT2D eigenvalue weighted by Gasteiger charge is -2.13. The molecule has 7 heteroatoms. The lowest BCUT2D eigenvalue weighted by atomic mass is 10.2. The Balaban J connectivity index is 2.09. The summed E-state index contributed by atoms with van der Waals surface area (Å²) < 4.78 is 6.26. The first-order chi connectivity index (χ1) is 12.0. The Kier molecular flexibility index (Phi) is 7.46. The molecule has 0 saturated carbocycles. The average molecular weight is 380 g/mol. The summed E-state index contributed by atoms with van der Waals surface area (Å²) in [6, 6.07) is 7.58. The van der Waals surface area contributed by atoms with Crippen molar-refractivity contribution < 1.29 is 19.4 Å². The predicted octanol–water partition coefficient (Wildman–Crippen LogP) is 3.93. The minimum Gasteiger partial charge on any atom is -0.493 e. The fraction of sp³-hybridized carbons (Fsp3) is 0.389. The fourth-order valence-corrected chi connectivity index (χ4v) is 3.58. The maximum Gasteiger partial charge on any atom is 0.303 e. The van der Waals surface area contributed by atoms with Crippen molar-refractivity contribution in [3.05, 3.63) is 34.7 Å². The van der Waals surface area contributed by atoms with E-state index in [4.69, 9.17) is 22.1 Å². The molecule has 1 saturated heterocycles. The van der Waals surface area contributed by atoms with Gasteiger partial charge in [0.15, 0.2) is 0 Å². The van der Waals surface area contributed by atoms with E-state index < -0.39 is 5.97 Å². The first kappa shape index (κ1) is 19.5. The van der Waals surface area contributed by atoms with Crippen molar-refractivity contribution in [1.82, 2.24) is 4.90 Å². The Hall–Kier alpha value is -1.86. The molecule has 0 spiro atoms. The van der Waals surface area contributed by atoms with E-state index >= 15 is 0 Å². The van der Waals surface area contributed by atoms with Crippen molar-refractivity contribution >= 4 is 46.3 Å². The highest BCUT2D eigenvalue weighted by Crippen LogP contribution is 2.34. The number of thioether (sulfide) groups is 1. The number of carboxylic acids is 1. The molecule has 0 aliphatic carbocycles. The summed E-state index contributed by atoms with van der Waals surface area (Å²) in [7, 11) is 0. The number of rotatable bonds is 9. The van der Waals surface area contributed by atoms with Gasteiger partial charge in [-0.1, -0.05) is 55.5 Å². The number of benzene rings is 1. The normalized spacial score (nSPS) is 15.9. The number of amides is 1. The Morgan fingerprint density at radius 2 is 2.12 bits per heavy atom. The van der Waals surface area contributed by atoms with Crippen LogP contribution in [-0.4, -0.2) is 39.4 Å². The van der Waals surface area contributed by atoms with Crippen LogP contribution in [0.2, 0.25) is 0 Å². The molecule has 1 heterocycles. The lowest BCUT2D eigenvalue weighted by Crippen LogP contribution is -2.29. The zero-order chi connectivity index (χ0) is 18.2. The van der Waals surface area contributed by atoms with Crippen LogP contribution in [-0.2, 0) is 9.59 Å². The molecule has 25 heavy (non-hydrogen) atoms. The van der Waals surface area contributed by atoms with Crippen LogP contribution in [0.5, 0.6) is 5.75 Å². The van der Waals surface area contributed by atoms with E-state index in [0.29, 0.717) is 28.8 Å². The van der Waals surface area contributed by atoms with Gasteiger partial charge in [-0.3, -0.25) is 14.5 Å². The van der Waals surface area contributed by atoms with Gasteiger partial charge in [-0.15, -0.1) is 0 Å². The molecule has 134 valence electrons. The fourth-order valence-electron chi connectivity index (χ4n) is 2.28. The number of thiocarbonyl (C=S) groups is 1. The van der Waals surface area contributed by atoms with Crippen molar-refractivity contribution in [2.45, 2.75) is 32.6 Å². The van der Waals surface area contributed by atoms with Gasteiger partial charge in [-0.25, -0.2) is 0 Å². The number of hydrogen-bond donors (Lipinski definition) is 1. The Labute approximate surface area is 157 Å². The average Bonchev–Trinajstić information content (AvgIpc) is 2.84. The van der Waals surface area contributed by atoms with Crippen molar-refractivity contribution in [2.24, 2.45) is 0 Å². The molecule has 0 unspecified atom stereocenters. The van der Waals surface area contributed by atoms with Crippen LogP contribution in [0.4, 0.5) is 0 Å². The van der Waals surface area contributed by atoms with Gasteiger partial charge in [0.2, 0.25) is 0 Å². The van der Waals surface area contributed by atoms with Crippen LogP contribution < -0.4 is 4.74 Å². The topological polar surface area (TPSA) is 66.8 Å². The van der Waals surface area contributed by atoms with E-state index in [1.807, 2.05) is 24.3 Å². The van der Waals surface area contributed by atoms with E-state index in [1.54, 1.807) is 6.08 Å². The number of ether oxygens (including phenoxy) is 1. The number of carbonyl (C=O) groups is 2. The number of carbonyl (C=O) groups excluding carboxylic acids is 1. The van der Waals surface area contributed by atoms with Crippen molar-refractivity contribution in [3.63, 3.8) is 0 Å². The molecule has 0 aromatic heterocycles.